The zero-order valence-electron chi connectivity index (χ0n) is 19.5. The van der Waals surface area contributed by atoms with Crippen molar-refractivity contribution in [3.63, 3.8) is 0 Å². The number of carbonyl (C=O) groups excluding carboxylic acids is 2. The zero-order valence-corrected chi connectivity index (χ0v) is 20.3. The molecule has 180 valence electrons. The van der Waals surface area contributed by atoms with E-state index in [-0.39, 0.29) is 24.2 Å². The van der Waals surface area contributed by atoms with Crippen LogP contribution in [0.5, 0.6) is 0 Å². The molecule has 2 amide bonds. The van der Waals surface area contributed by atoms with E-state index in [2.05, 4.69) is 0 Å². The van der Waals surface area contributed by atoms with Gasteiger partial charge in [-0.1, -0.05) is 43.9 Å². The summed E-state index contributed by atoms with van der Waals surface area (Å²) in [5.74, 6) is 0.287. The van der Waals surface area contributed by atoms with Crippen LogP contribution in [-0.2, 0) is 27.4 Å². The molecule has 7 heteroatoms. The van der Waals surface area contributed by atoms with Crippen LogP contribution in [0.4, 0.5) is 4.39 Å². The Balaban J connectivity index is 1.66. The van der Waals surface area contributed by atoms with Gasteiger partial charge in [0.2, 0.25) is 11.8 Å². The number of methoxy groups -OCH3 is 1. The van der Waals surface area contributed by atoms with Gasteiger partial charge in [0.25, 0.3) is 0 Å². The van der Waals surface area contributed by atoms with E-state index in [1.165, 1.54) is 37.8 Å². The van der Waals surface area contributed by atoms with Gasteiger partial charge in [0, 0.05) is 38.1 Å². The van der Waals surface area contributed by atoms with Crippen LogP contribution in [0.15, 0.2) is 41.8 Å². The quantitative estimate of drug-likeness (QED) is 0.373. The standard InChI is InChI=1S/C26H35FN2O3S/c1-32-16-5-15-28(25(30)14-11-21-6-2-3-7-21)20-26(31)29(19-24-8-4-17-33-24)18-22-9-12-23(27)13-10-22/h4,8-10,12-13,17,21H,2-3,5-7,11,14-16,18-20H2,1H3. The smallest absolute Gasteiger partial charge is 0.242 e. The molecule has 2 aromatic rings. The number of hydrogen-bond acceptors (Lipinski definition) is 4. The second kappa shape index (κ2) is 13.5. The molecule has 5 nitrogen and oxygen atoms in total. The highest BCUT2D eigenvalue weighted by atomic mass is 32.1. The van der Waals surface area contributed by atoms with Gasteiger partial charge in [0.1, 0.15) is 5.82 Å². The van der Waals surface area contributed by atoms with Crippen LogP contribution >= 0.6 is 11.3 Å². The Hall–Kier alpha value is -2.25. The summed E-state index contributed by atoms with van der Waals surface area (Å²) in [6, 6.07) is 10.2. The Morgan fingerprint density at radius 3 is 2.48 bits per heavy atom. The molecule has 3 rings (SSSR count). The number of amides is 2. The number of halogens is 1. The molecule has 0 spiro atoms. The molecule has 0 saturated heterocycles. The fourth-order valence-electron chi connectivity index (χ4n) is 4.37. The van der Waals surface area contributed by atoms with Crippen molar-refractivity contribution in [3.8, 4) is 0 Å². The summed E-state index contributed by atoms with van der Waals surface area (Å²) in [6.45, 7) is 1.95. The van der Waals surface area contributed by atoms with Crippen molar-refractivity contribution in [2.45, 2.75) is 58.0 Å². The van der Waals surface area contributed by atoms with E-state index in [1.807, 2.05) is 17.5 Å². The minimum absolute atomic E-state index is 0.0456. The van der Waals surface area contributed by atoms with Crippen LogP contribution < -0.4 is 0 Å². The number of ether oxygens (including phenoxy) is 1. The molecule has 1 fully saturated rings. The molecule has 0 aliphatic heterocycles. The predicted octanol–water partition coefficient (Wildman–Crippen LogP) is 5.25. The van der Waals surface area contributed by atoms with Crippen LogP contribution in [0.3, 0.4) is 0 Å². The number of carbonyl (C=O) groups is 2. The number of hydrogen-bond donors (Lipinski definition) is 0. The van der Waals surface area contributed by atoms with Crippen molar-refractivity contribution in [2.75, 3.05) is 26.8 Å². The summed E-state index contributed by atoms with van der Waals surface area (Å²) in [7, 11) is 1.64. The lowest BCUT2D eigenvalue weighted by Gasteiger charge is -2.28. The summed E-state index contributed by atoms with van der Waals surface area (Å²) < 4.78 is 18.5. The molecule has 0 bridgehead atoms. The Kier molecular flexibility index (Phi) is 10.3. The highest BCUT2D eigenvalue weighted by Crippen LogP contribution is 2.28. The Morgan fingerprint density at radius 2 is 1.82 bits per heavy atom. The number of rotatable bonds is 13. The largest absolute Gasteiger partial charge is 0.385 e. The van der Waals surface area contributed by atoms with E-state index < -0.39 is 0 Å². The summed E-state index contributed by atoms with van der Waals surface area (Å²) >= 11 is 1.59. The zero-order chi connectivity index (χ0) is 23.5. The Morgan fingerprint density at radius 1 is 1.06 bits per heavy atom. The first-order chi connectivity index (χ1) is 16.0. The van der Waals surface area contributed by atoms with Gasteiger partial charge in [0.15, 0.2) is 0 Å². The highest BCUT2D eigenvalue weighted by molar-refractivity contribution is 7.09. The molecule has 0 unspecified atom stereocenters. The molecular formula is C26H35FN2O3S. The minimum Gasteiger partial charge on any atom is -0.385 e. The number of nitrogens with zero attached hydrogens (tertiary/aromatic N) is 2. The highest BCUT2D eigenvalue weighted by Gasteiger charge is 2.23. The molecule has 0 N–H and O–H groups in total. The molecule has 1 saturated carbocycles. The van der Waals surface area contributed by atoms with E-state index >= 15 is 0 Å². The summed E-state index contributed by atoms with van der Waals surface area (Å²) in [4.78, 5) is 30.9. The van der Waals surface area contributed by atoms with E-state index in [0.29, 0.717) is 45.0 Å². The van der Waals surface area contributed by atoms with E-state index in [0.717, 1.165) is 16.9 Å². The lowest BCUT2D eigenvalue weighted by Crippen LogP contribution is -2.43. The third kappa shape index (κ3) is 8.55. The lowest BCUT2D eigenvalue weighted by atomic mass is 10.0. The third-order valence-electron chi connectivity index (χ3n) is 6.26. The fraction of sp³-hybridized carbons (Fsp3) is 0.538. The van der Waals surface area contributed by atoms with Crippen molar-refractivity contribution < 1.29 is 18.7 Å². The fourth-order valence-corrected chi connectivity index (χ4v) is 5.09. The normalized spacial score (nSPS) is 13.9. The van der Waals surface area contributed by atoms with Crippen molar-refractivity contribution in [3.05, 3.63) is 58.0 Å². The average Bonchev–Trinajstić information content (AvgIpc) is 3.52. The van der Waals surface area contributed by atoms with Gasteiger partial charge >= 0.3 is 0 Å². The van der Waals surface area contributed by atoms with Gasteiger partial charge in [0.05, 0.1) is 13.1 Å². The predicted molar refractivity (Wildman–Crippen MR) is 129 cm³/mol. The molecular weight excluding hydrogens is 439 g/mol. The SMILES string of the molecule is COCCCN(CC(=O)N(Cc1ccc(F)cc1)Cc1cccs1)C(=O)CCC1CCCC1. The van der Waals surface area contributed by atoms with Gasteiger partial charge in [-0.25, -0.2) is 4.39 Å². The first kappa shape index (κ1) is 25.4. The topological polar surface area (TPSA) is 49.9 Å². The maximum Gasteiger partial charge on any atom is 0.242 e. The summed E-state index contributed by atoms with van der Waals surface area (Å²) in [5.41, 5.74) is 0.861. The van der Waals surface area contributed by atoms with Gasteiger partial charge in [-0.15, -0.1) is 11.3 Å². The van der Waals surface area contributed by atoms with E-state index in [9.17, 15) is 14.0 Å². The molecule has 0 radical (unpaired) electrons. The van der Waals surface area contributed by atoms with Crippen molar-refractivity contribution in [1.82, 2.24) is 9.80 Å². The van der Waals surface area contributed by atoms with Crippen LogP contribution in [0, 0.1) is 11.7 Å². The van der Waals surface area contributed by atoms with Gasteiger partial charge < -0.3 is 14.5 Å². The van der Waals surface area contributed by atoms with Crippen molar-refractivity contribution in [1.29, 1.82) is 0 Å². The van der Waals surface area contributed by atoms with Gasteiger partial charge in [-0.3, -0.25) is 9.59 Å². The van der Waals surface area contributed by atoms with Crippen LogP contribution in [0.2, 0.25) is 0 Å². The minimum atomic E-state index is -0.299. The first-order valence-electron chi connectivity index (χ1n) is 11.9. The maximum absolute atomic E-state index is 13.4. The molecule has 33 heavy (non-hydrogen) atoms. The molecule has 0 atom stereocenters. The summed E-state index contributed by atoms with van der Waals surface area (Å²) in [5, 5.41) is 1.99. The van der Waals surface area contributed by atoms with Crippen LogP contribution in [-0.4, -0.2) is 48.4 Å². The summed E-state index contributed by atoms with van der Waals surface area (Å²) in [6.07, 6.45) is 7.04. The first-order valence-corrected chi connectivity index (χ1v) is 12.7. The van der Waals surface area contributed by atoms with Crippen molar-refractivity contribution >= 4 is 23.2 Å². The molecule has 1 heterocycles. The number of benzene rings is 1. The van der Waals surface area contributed by atoms with Crippen LogP contribution in [0.25, 0.3) is 0 Å². The number of thiophene rings is 1. The van der Waals surface area contributed by atoms with E-state index in [1.54, 1.807) is 40.4 Å². The molecule has 1 aromatic carbocycles. The Bertz CT molecular complexity index is 851. The molecule has 1 aliphatic carbocycles. The second-order valence-corrected chi connectivity index (χ2v) is 9.84. The molecule has 1 aromatic heterocycles. The van der Waals surface area contributed by atoms with Crippen molar-refractivity contribution in [2.24, 2.45) is 5.92 Å². The average molecular weight is 475 g/mol. The van der Waals surface area contributed by atoms with Crippen LogP contribution in [0.1, 0.15) is 55.4 Å². The third-order valence-corrected chi connectivity index (χ3v) is 7.12. The maximum atomic E-state index is 13.4. The van der Waals surface area contributed by atoms with Gasteiger partial charge in [-0.05, 0) is 47.9 Å². The lowest BCUT2D eigenvalue weighted by molar-refractivity contribution is -0.141. The Labute approximate surface area is 200 Å². The van der Waals surface area contributed by atoms with E-state index in [4.69, 9.17) is 4.74 Å². The molecule has 1 aliphatic rings. The second-order valence-electron chi connectivity index (χ2n) is 8.81. The monoisotopic (exact) mass is 474 g/mol. The van der Waals surface area contributed by atoms with Gasteiger partial charge in [-0.2, -0.15) is 0 Å².